The minimum Gasteiger partial charge on any atom is -0.468 e. The Labute approximate surface area is 202 Å². The average molecular weight is 503 g/mol. The van der Waals surface area contributed by atoms with E-state index in [2.05, 4.69) is 0 Å². The first-order chi connectivity index (χ1) is 16.3. The van der Waals surface area contributed by atoms with Crippen LogP contribution in [0.3, 0.4) is 0 Å². The van der Waals surface area contributed by atoms with E-state index in [0.717, 1.165) is 31.2 Å². The molecule has 7 nitrogen and oxygen atoms in total. The molecule has 4 rings (SSSR count). The molecule has 0 radical (unpaired) electrons. The number of rotatable bonds is 9. The van der Waals surface area contributed by atoms with Gasteiger partial charge in [0, 0.05) is 19.1 Å². The molecule has 9 heteroatoms. The van der Waals surface area contributed by atoms with Gasteiger partial charge in [-0.05, 0) is 61.2 Å². The molecule has 0 bridgehead atoms. The Hall–Kier alpha value is -2.46. The van der Waals surface area contributed by atoms with Gasteiger partial charge in [-0.3, -0.25) is 0 Å². The van der Waals surface area contributed by atoms with Crippen molar-refractivity contribution in [2.45, 2.75) is 61.5 Å². The molecule has 0 unspecified atom stereocenters. The van der Waals surface area contributed by atoms with Crippen LogP contribution in [0.5, 0.6) is 0 Å². The Morgan fingerprint density at radius 3 is 2.24 bits per heavy atom. The third-order valence-electron chi connectivity index (χ3n) is 6.23. The number of hydrogen-bond acceptors (Lipinski definition) is 5. The lowest BCUT2D eigenvalue weighted by Gasteiger charge is -2.34. The molecule has 182 valence electrons. The lowest BCUT2D eigenvalue weighted by molar-refractivity contribution is 0.246. The van der Waals surface area contributed by atoms with Gasteiger partial charge in [0.15, 0.2) is 0 Å². The maximum Gasteiger partial charge on any atom is 0.243 e. The summed E-state index contributed by atoms with van der Waals surface area (Å²) in [6.45, 7) is 2.72. The van der Waals surface area contributed by atoms with Crippen molar-refractivity contribution in [3.05, 3.63) is 84.3 Å². The van der Waals surface area contributed by atoms with Gasteiger partial charge in [0.1, 0.15) is 5.76 Å². The summed E-state index contributed by atoms with van der Waals surface area (Å²) in [4.78, 5) is 0.159. The second kappa shape index (κ2) is 10.4. The molecule has 0 N–H and O–H groups in total. The molecule has 1 aliphatic heterocycles. The fraction of sp³-hybridized carbons (Fsp3) is 0.360. The lowest BCUT2D eigenvalue weighted by atomic mass is 10.0. The molecule has 1 atom stereocenters. The second-order valence-electron chi connectivity index (χ2n) is 8.48. The first-order valence-electron chi connectivity index (χ1n) is 11.5. The molecule has 1 fully saturated rings. The highest BCUT2D eigenvalue weighted by molar-refractivity contribution is 7.89. The Balaban J connectivity index is 1.62. The third kappa shape index (κ3) is 5.27. The highest BCUT2D eigenvalue weighted by Gasteiger charge is 2.33. The smallest absolute Gasteiger partial charge is 0.243 e. The highest BCUT2D eigenvalue weighted by Crippen LogP contribution is 2.28. The third-order valence-corrected chi connectivity index (χ3v) is 10.00. The molecule has 3 aromatic rings. The van der Waals surface area contributed by atoms with E-state index in [9.17, 15) is 16.8 Å². The van der Waals surface area contributed by atoms with Crippen molar-refractivity contribution in [2.75, 3.05) is 6.54 Å². The number of benzene rings is 2. The van der Waals surface area contributed by atoms with E-state index < -0.39 is 20.0 Å². The van der Waals surface area contributed by atoms with Crippen molar-refractivity contribution < 1.29 is 21.3 Å². The van der Waals surface area contributed by atoms with E-state index in [4.69, 9.17) is 4.42 Å². The van der Waals surface area contributed by atoms with Gasteiger partial charge in [-0.2, -0.15) is 8.61 Å². The van der Waals surface area contributed by atoms with Crippen molar-refractivity contribution in [3.8, 4) is 0 Å². The fourth-order valence-electron chi connectivity index (χ4n) is 4.36. The number of piperidine rings is 1. The Morgan fingerprint density at radius 2 is 1.59 bits per heavy atom. The van der Waals surface area contributed by atoms with Crippen LogP contribution < -0.4 is 0 Å². The summed E-state index contributed by atoms with van der Waals surface area (Å²) in [5.74, 6) is 0.523. The van der Waals surface area contributed by atoms with Crippen LogP contribution in [-0.2, 0) is 33.1 Å². The molecule has 0 aliphatic carbocycles. The molecule has 34 heavy (non-hydrogen) atoms. The number of furan rings is 1. The molecular weight excluding hydrogens is 472 g/mol. The largest absolute Gasteiger partial charge is 0.468 e. The second-order valence-corrected chi connectivity index (χ2v) is 12.3. The van der Waals surface area contributed by atoms with Crippen LogP contribution in [-0.4, -0.2) is 38.0 Å². The van der Waals surface area contributed by atoms with Crippen LogP contribution >= 0.6 is 0 Å². The fourth-order valence-corrected chi connectivity index (χ4v) is 7.52. The molecule has 0 saturated carbocycles. The zero-order chi connectivity index (χ0) is 24.2. The zero-order valence-electron chi connectivity index (χ0n) is 19.2. The van der Waals surface area contributed by atoms with E-state index in [1.54, 1.807) is 16.4 Å². The highest BCUT2D eigenvalue weighted by atomic mass is 32.2. The molecule has 1 saturated heterocycles. The first-order valence-corrected chi connectivity index (χ1v) is 14.4. The van der Waals surface area contributed by atoms with Gasteiger partial charge in [0.05, 0.1) is 22.6 Å². The standard InChI is InChI=1S/C25H30N2O5S2/c1-2-22-11-6-7-17-27(22)34(30,31)25-15-13-24(14-16-25)33(28,29)26(20-23-12-8-18-32-23)19-21-9-4-3-5-10-21/h3-5,8-10,12-16,18,22H,2,6-7,11,17,19-20H2,1H3/t22-/m0/s1. The Kier molecular flexibility index (Phi) is 7.57. The van der Waals surface area contributed by atoms with E-state index in [1.165, 1.54) is 34.8 Å². The van der Waals surface area contributed by atoms with Crippen LogP contribution in [0.15, 0.2) is 87.2 Å². The number of sulfonamides is 2. The van der Waals surface area contributed by atoms with Gasteiger partial charge >= 0.3 is 0 Å². The van der Waals surface area contributed by atoms with Gasteiger partial charge < -0.3 is 4.42 Å². The van der Waals surface area contributed by atoms with Crippen molar-refractivity contribution >= 4 is 20.0 Å². The summed E-state index contributed by atoms with van der Waals surface area (Å²) in [5.41, 5.74) is 0.840. The van der Waals surface area contributed by atoms with Gasteiger partial charge in [0.2, 0.25) is 20.0 Å². The van der Waals surface area contributed by atoms with Gasteiger partial charge in [0.25, 0.3) is 0 Å². The molecule has 2 heterocycles. The van der Waals surface area contributed by atoms with Gasteiger partial charge in [-0.25, -0.2) is 16.8 Å². The average Bonchev–Trinajstić information content (AvgIpc) is 3.37. The maximum atomic E-state index is 13.5. The van der Waals surface area contributed by atoms with E-state index in [0.29, 0.717) is 12.3 Å². The SMILES string of the molecule is CC[C@H]1CCCCN1S(=O)(=O)c1ccc(S(=O)(=O)N(Cc2ccccc2)Cc2ccco2)cc1. The maximum absolute atomic E-state index is 13.5. The molecular formula is C25H30N2O5S2. The van der Waals surface area contributed by atoms with E-state index >= 15 is 0 Å². The van der Waals surface area contributed by atoms with Crippen molar-refractivity contribution in [1.82, 2.24) is 8.61 Å². The van der Waals surface area contributed by atoms with Crippen LogP contribution in [0.25, 0.3) is 0 Å². The summed E-state index contributed by atoms with van der Waals surface area (Å²) in [7, 11) is -7.60. The molecule has 0 spiro atoms. The Morgan fingerprint density at radius 1 is 0.882 bits per heavy atom. The molecule has 0 amide bonds. The summed E-state index contributed by atoms with van der Waals surface area (Å²) in [6, 6.07) is 18.3. The minimum atomic E-state index is -3.91. The molecule has 2 aromatic carbocycles. The van der Waals surface area contributed by atoms with Crippen molar-refractivity contribution in [1.29, 1.82) is 0 Å². The Bertz CT molecular complexity index is 1270. The summed E-state index contributed by atoms with van der Waals surface area (Å²) in [5, 5.41) is 0. The predicted molar refractivity (Wildman–Crippen MR) is 130 cm³/mol. The molecule has 1 aliphatic rings. The van der Waals surface area contributed by atoms with Gasteiger partial charge in [-0.1, -0.05) is 43.7 Å². The minimum absolute atomic E-state index is 0.0168. The summed E-state index contributed by atoms with van der Waals surface area (Å²) < 4.78 is 61.9. The van der Waals surface area contributed by atoms with Crippen molar-refractivity contribution in [2.24, 2.45) is 0 Å². The first kappa shape index (κ1) is 24.7. The van der Waals surface area contributed by atoms with E-state index in [1.807, 2.05) is 37.3 Å². The number of nitrogens with zero attached hydrogens (tertiary/aromatic N) is 2. The normalized spacial score (nSPS) is 17.8. The lowest BCUT2D eigenvalue weighted by Crippen LogP contribution is -2.43. The summed E-state index contributed by atoms with van der Waals surface area (Å²) >= 11 is 0. The van der Waals surface area contributed by atoms with Gasteiger partial charge in [-0.15, -0.1) is 0 Å². The van der Waals surface area contributed by atoms with E-state index in [-0.39, 0.29) is 28.9 Å². The monoisotopic (exact) mass is 502 g/mol. The summed E-state index contributed by atoms with van der Waals surface area (Å²) in [6.07, 6.45) is 4.97. The predicted octanol–water partition coefficient (Wildman–Crippen LogP) is 4.62. The zero-order valence-corrected chi connectivity index (χ0v) is 20.8. The number of hydrogen-bond donors (Lipinski definition) is 0. The van der Waals surface area contributed by atoms with Crippen LogP contribution in [0.2, 0.25) is 0 Å². The van der Waals surface area contributed by atoms with Crippen LogP contribution in [0.1, 0.15) is 43.9 Å². The van der Waals surface area contributed by atoms with Crippen molar-refractivity contribution in [3.63, 3.8) is 0 Å². The van der Waals surface area contributed by atoms with Crippen LogP contribution in [0.4, 0.5) is 0 Å². The topological polar surface area (TPSA) is 87.9 Å². The van der Waals surface area contributed by atoms with Crippen LogP contribution in [0, 0.1) is 0 Å². The quantitative estimate of drug-likeness (QED) is 0.426. The molecule has 1 aromatic heterocycles.